The second kappa shape index (κ2) is 29.7. The summed E-state index contributed by atoms with van der Waals surface area (Å²) in [5.74, 6) is 2.40. The van der Waals surface area contributed by atoms with Gasteiger partial charge in [0.1, 0.15) is 14.9 Å². The highest BCUT2D eigenvalue weighted by molar-refractivity contribution is 7.91. The van der Waals surface area contributed by atoms with Crippen LogP contribution in [0, 0.1) is 20.4 Å². The van der Waals surface area contributed by atoms with Crippen LogP contribution in [0.2, 0.25) is 0 Å². The number of benzene rings is 2. The molecule has 1 aliphatic carbocycles. The zero-order valence-electron chi connectivity index (χ0n) is 44.9. The first-order valence-corrected chi connectivity index (χ1v) is 34.2. The smallest absolute Gasteiger partial charge is 0.315 e. The summed E-state index contributed by atoms with van der Waals surface area (Å²) >= 11 is 9.82. The molecule has 422 valence electrons. The number of thiazole rings is 2. The fraction of sp³-hybridized carbons (Fsp3) is 0.352. The van der Waals surface area contributed by atoms with E-state index in [0.717, 1.165) is 92.4 Å². The minimum Gasteiger partial charge on any atom is -0.428 e. The quantitative estimate of drug-likeness (QED) is 0.0531. The van der Waals surface area contributed by atoms with E-state index >= 15 is 0 Å². The van der Waals surface area contributed by atoms with Gasteiger partial charge in [-0.05, 0) is 77.1 Å². The van der Waals surface area contributed by atoms with Gasteiger partial charge in [0.25, 0.3) is 0 Å². The van der Waals surface area contributed by atoms with E-state index in [1.54, 1.807) is 30.7 Å². The van der Waals surface area contributed by atoms with Gasteiger partial charge in [-0.1, -0.05) is 93.4 Å². The predicted octanol–water partition coefficient (Wildman–Crippen LogP) is 13.0. The van der Waals surface area contributed by atoms with Crippen molar-refractivity contribution in [2.24, 2.45) is 0 Å². The summed E-state index contributed by atoms with van der Waals surface area (Å²) in [5, 5.41) is 16.8. The highest BCUT2D eigenvalue weighted by Crippen LogP contribution is 2.47. The maximum Gasteiger partial charge on any atom is 0.315 e. The van der Waals surface area contributed by atoms with Crippen molar-refractivity contribution in [3.05, 3.63) is 119 Å². The van der Waals surface area contributed by atoms with Crippen molar-refractivity contribution >= 4 is 99.2 Å². The zero-order chi connectivity index (χ0) is 57.3. The van der Waals surface area contributed by atoms with Crippen LogP contribution in [0.4, 0.5) is 11.4 Å². The summed E-state index contributed by atoms with van der Waals surface area (Å²) in [5.41, 5.74) is 12.4. The molecule has 1 fully saturated rings. The van der Waals surface area contributed by atoms with Crippen LogP contribution in [0.5, 0.6) is 0 Å². The summed E-state index contributed by atoms with van der Waals surface area (Å²) in [4.78, 5) is 27.3. The summed E-state index contributed by atoms with van der Waals surface area (Å²) < 4.78 is 69.8. The van der Waals surface area contributed by atoms with Crippen molar-refractivity contribution < 1.29 is 25.5 Å². The van der Waals surface area contributed by atoms with Gasteiger partial charge in [-0.3, -0.25) is 17.6 Å². The van der Waals surface area contributed by atoms with E-state index < -0.39 is 42.2 Å². The maximum atomic E-state index is 12.9. The van der Waals surface area contributed by atoms with Gasteiger partial charge in [-0.25, -0.2) is 33.2 Å². The number of halogens is 1. The highest BCUT2D eigenvalue weighted by Gasteiger charge is 2.34. The number of alkyl halides is 1. The fourth-order valence-electron chi connectivity index (χ4n) is 7.56. The second-order valence-electron chi connectivity index (χ2n) is 18.1. The Morgan fingerprint density at radius 2 is 1.54 bits per heavy atom. The predicted molar refractivity (Wildman–Crippen MR) is 323 cm³/mol. The number of nitrogens with one attached hydrogen (secondary N) is 1. The Balaban J connectivity index is 0.000000156. The number of unbranched alkanes of at least 4 members (excludes halogenated alkanes) is 2. The number of oxazole rings is 1. The molecule has 9 aromatic rings. The molecule has 0 aliphatic heterocycles. The van der Waals surface area contributed by atoms with Crippen molar-refractivity contribution in [2.45, 2.75) is 117 Å². The Kier molecular flexibility index (Phi) is 22.8. The molecule has 0 amide bonds. The first-order chi connectivity index (χ1) is 38.6. The third kappa shape index (κ3) is 15.7. The molecular weight excluding hydrogens is 1170 g/mol. The number of sulfone groups is 1. The largest absolute Gasteiger partial charge is 0.428 e. The Morgan fingerprint density at radius 1 is 0.863 bits per heavy atom. The number of nitrogens with two attached hydrogens (primary N) is 1. The normalized spacial score (nSPS) is 13.2. The van der Waals surface area contributed by atoms with Gasteiger partial charge < -0.3 is 14.7 Å². The minimum atomic E-state index is -3.49. The summed E-state index contributed by atoms with van der Waals surface area (Å²) in [6.45, 7) is 19.3. The molecule has 3 N–H and O–H groups in total. The maximum absolute atomic E-state index is 12.9. The van der Waals surface area contributed by atoms with Crippen LogP contribution in [0.3, 0.4) is 0 Å². The number of aryl methyl sites for hydroxylation is 2. The standard InChI is InChI=1S/C18H22N4OS2.C14H17NOS2.C13H14ClNO3S.C9H8N6OS2/c1-4-5-12-25(23)18-21-15(17-20-10-11-24-17)16(22(18)13(2)3)14-8-6-7-9-19-14;1-3-4-10-18(16)14-15-13(11(2)17-14)12-8-6-5-7-9-12;1-10-12(11-6-3-2-4-7-11)18-13(15-10)19(16,17)9-5-8-14;1-11-6-5(10)9(18(16)4-2-3-4)17-7(6)8-12-14-15-13-8/h6-11,13H,4-5,12H2,1-3H3;5-9H,3-4,10H2,1-2H3;2-4,6-7H,5,8-9H2,1H3;4H,2-3,10H2,(H,12,13,14,15). The molecule has 1 saturated carbocycles. The molecule has 80 heavy (non-hydrogen) atoms. The molecule has 7 aromatic heterocycles. The van der Waals surface area contributed by atoms with Gasteiger partial charge >= 0.3 is 5.22 Å². The van der Waals surface area contributed by atoms with Crippen LogP contribution in [-0.2, 0) is 42.2 Å². The molecule has 26 heteroatoms. The van der Waals surface area contributed by atoms with Crippen LogP contribution in [0.15, 0.2) is 120 Å². The van der Waals surface area contributed by atoms with Crippen LogP contribution in [0.1, 0.15) is 89.3 Å². The number of imidazole rings is 1. The molecule has 2 aromatic carbocycles. The number of H-pyrrole nitrogens is 1. The van der Waals surface area contributed by atoms with Crippen molar-refractivity contribution in [1.29, 1.82) is 0 Å². The van der Waals surface area contributed by atoms with Gasteiger partial charge in [0.15, 0.2) is 15.3 Å². The van der Waals surface area contributed by atoms with Gasteiger partial charge in [0, 0.05) is 62.5 Å². The van der Waals surface area contributed by atoms with Gasteiger partial charge in [-0.2, -0.15) is 5.21 Å². The van der Waals surface area contributed by atoms with Gasteiger partial charge in [0.05, 0.1) is 78.1 Å². The number of hydrogen-bond donors (Lipinski definition) is 2. The van der Waals surface area contributed by atoms with E-state index in [4.69, 9.17) is 33.3 Å². The zero-order valence-corrected chi connectivity index (χ0v) is 51.4. The third-order valence-corrected chi connectivity index (χ3v) is 21.7. The number of anilines is 1. The number of rotatable bonds is 20. The summed E-state index contributed by atoms with van der Waals surface area (Å²) in [6.07, 6.45) is 9.82. The number of pyridine rings is 1. The summed E-state index contributed by atoms with van der Waals surface area (Å²) in [7, 11) is -6.70. The SMILES string of the molecule is CCCCS(=O)c1nc(-c2ccccc2)c(C)s1.CCCCS(=O)c1nc(-c2nccs2)c(-c2ccccn2)n1C(C)C.Cc1nc(S(=O)(=O)CCCCl)oc1-c1ccccc1.[C-]#[N+]c1c(-c2nn[nH]n2)sc(S(=O)C2CC2)c1N. The first-order valence-electron chi connectivity index (χ1n) is 25.6. The van der Waals surface area contributed by atoms with E-state index in [-0.39, 0.29) is 28.0 Å². The lowest BCUT2D eigenvalue weighted by Gasteiger charge is -2.15. The topological polar surface area (TPSA) is 253 Å². The Labute approximate surface area is 490 Å². The number of nitrogen functional groups attached to an aromatic ring is 1. The molecule has 1 aliphatic rings. The molecule has 18 nitrogen and oxygen atoms in total. The van der Waals surface area contributed by atoms with Gasteiger partial charge in [-0.15, -0.1) is 55.8 Å². The average Bonchev–Trinajstić information content (AvgIpc) is 4.14. The molecular formula is C54H61ClN12O6S7. The van der Waals surface area contributed by atoms with E-state index in [0.29, 0.717) is 55.3 Å². The fourth-order valence-corrected chi connectivity index (χ4v) is 16.7. The monoisotopic (exact) mass is 1230 g/mol. The van der Waals surface area contributed by atoms with Crippen molar-refractivity contribution in [1.82, 2.24) is 50.1 Å². The first kappa shape index (κ1) is 61.6. The molecule has 0 bridgehead atoms. The number of aromatic nitrogens is 10. The minimum absolute atomic E-state index is 0.0509. The third-order valence-electron chi connectivity index (χ3n) is 11.7. The van der Waals surface area contributed by atoms with Crippen LogP contribution in [0.25, 0.3) is 60.2 Å². The lowest BCUT2D eigenvalue weighted by atomic mass is 10.1. The highest BCUT2D eigenvalue weighted by atomic mass is 35.5. The Bertz CT molecular complexity index is 3640. The van der Waals surface area contributed by atoms with E-state index in [1.165, 1.54) is 22.7 Å². The molecule has 0 spiro atoms. The Hall–Kier alpha value is -5.98. The number of aromatic amines is 1. The molecule has 10 rings (SSSR count). The summed E-state index contributed by atoms with van der Waals surface area (Å²) in [6, 6.07) is 25.3. The van der Waals surface area contributed by atoms with E-state index in [2.05, 4.69) is 77.7 Å². The van der Waals surface area contributed by atoms with Crippen molar-refractivity contribution in [3.63, 3.8) is 0 Å². The van der Waals surface area contributed by atoms with Crippen LogP contribution in [-0.4, -0.2) is 99.5 Å². The lowest BCUT2D eigenvalue weighted by molar-refractivity contribution is 0.440. The number of tetrazole rings is 1. The molecule has 3 unspecified atom stereocenters. The number of hydrogen-bond acceptors (Lipinski definition) is 18. The van der Waals surface area contributed by atoms with Crippen molar-refractivity contribution in [2.75, 3.05) is 28.9 Å². The number of nitrogens with zero attached hydrogens (tertiary/aromatic N) is 10. The average molecular weight is 1230 g/mol. The Morgan fingerprint density at radius 3 is 2.11 bits per heavy atom. The molecule has 7 heterocycles. The lowest BCUT2D eigenvalue weighted by Crippen LogP contribution is -2.11. The molecule has 0 saturated heterocycles. The number of thiophene rings is 1. The second-order valence-corrected chi connectivity index (χ2v) is 28.7. The van der Waals surface area contributed by atoms with E-state index in [1.807, 2.05) is 91.2 Å². The molecule has 3 atom stereocenters. The van der Waals surface area contributed by atoms with Crippen molar-refractivity contribution in [3.8, 4) is 55.4 Å². The van der Waals surface area contributed by atoms with E-state index in [9.17, 15) is 21.0 Å². The van der Waals surface area contributed by atoms with Gasteiger partial charge in [0.2, 0.25) is 21.3 Å². The molecule has 0 radical (unpaired) electrons. The van der Waals surface area contributed by atoms with Crippen LogP contribution >= 0.6 is 45.6 Å². The van der Waals surface area contributed by atoms with Crippen LogP contribution < -0.4 is 5.73 Å².